The van der Waals surface area contributed by atoms with Crippen molar-refractivity contribution in [1.82, 2.24) is 0 Å². The summed E-state index contributed by atoms with van der Waals surface area (Å²) in [6.07, 6.45) is -0.315. The second-order valence-corrected chi connectivity index (χ2v) is 15.9. The first-order valence-electron chi connectivity index (χ1n) is 9.45. The fourth-order valence-corrected chi connectivity index (χ4v) is 4.88. The van der Waals surface area contributed by atoms with Crippen LogP contribution in [0.1, 0.15) is 53.5 Å². The molecule has 0 aliphatic heterocycles. The van der Waals surface area contributed by atoms with Gasteiger partial charge in [-0.05, 0) is 58.0 Å². The highest BCUT2D eigenvalue weighted by atomic mass is 32.2. The van der Waals surface area contributed by atoms with Gasteiger partial charge in [0.15, 0.2) is 8.32 Å². The van der Waals surface area contributed by atoms with E-state index in [0.717, 1.165) is 10.5 Å². The number of ether oxygens (including phenoxy) is 1. The summed E-state index contributed by atoms with van der Waals surface area (Å²) in [6.45, 7) is 18.3. The van der Waals surface area contributed by atoms with E-state index >= 15 is 0 Å². The summed E-state index contributed by atoms with van der Waals surface area (Å²) in [6, 6.07) is 7.65. The number of esters is 1. The molecule has 6 heteroatoms. The lowest BCUT2D eigenvalue weighted by Gasteiger charge is -2.39. The molecule has 0 saturated heterocycles. The Kier molecular flexibility index (Phi) is 8.03. The van der Waals surface area contributed by atoms with Gasteiger partial charge in [0.05, 0.1) is 29.1 Å². The van der Waals surface area contributed by atoms with Crippen molar-refractivity contribution < 1.29 is 18.2 Å². The van der Waals surface area contributed by atoms with Crippen molar-refractivity contribution in [2.45, 2.75) is 89.6 Å². The molecule has 0 fully saturated rings. The molecule has 0 amide bonds. The largest absolute Gasteiger partial charge is 0.460 e. The highest BCUT2D eigenvalue weighted by Crippen LogP contribution is 2.38. The van der Waals surface area contributed by atoms with Crippen molar-refractivity contribution in [2.24, 2.45) is 0 Å². The van der Waals surface area contributed by atoms with E-state index < -0.39 is 30.8 Å². The van der Waals surface area contributed by atoms with Gasteiger partial charge in [-0.25, -0.2) is 0 Å². The Labute approximate surface area is 168 Å². The Morgan fingerprint density at radius 1 is 1.07 bits per heavy atom. The highest BCUT2D eigenvalue weighted by molar-refractivity contribution is 7.85. The van der Waals surface area contributed by atoms with Crippen LogP contribution in [-0.4, -0.2) is 36.0 Å². The molecule has 2 atom stereocenters. The van der Waals surface area contributed by atoms with E-state index in [1.54, 1.807) is 0 Å². The van der Waals surface area contributed by atoms with Gasteiger partial charge in [-0.1, -0.05) is 38.5 Å². The molecule has 27 heavy (non-hydrogen) atoms. The molecule has 0 bridgehead atoms. The van der Waals surface area contributed by atoms with Crippen LogP contribution in [0.25, 0.3) is 0 Å². The second kappa shape index (κ2) is 9.01. The third-order valence-electron chi connectivity index (χ3n) is 4.70. The Bertz CT molecular complexity index is 654. The summed E-state index contributed by atoms with van der Waals surface area (Å²) < 4.78 is 24.8. The molecule has 0 aliphatic carbocycles. The third kappa shape index (κ3) is 8.28. The molecule has 0 heterocycles. The van der Waals surface area contributed by atoms with Crippen molar-refractivity contribution in [3.8, 4) is 0 Å². The van der Waals surface area contributed by atoms with Crippen LogP contribution < -0.4 is 0 Å². The van der Waals surface area contributed by atoms with Crippen LogP contribution in [0.5, 0.6) is 0 Å². The Hall–Kier alpha value is -0.983. The Morgan fingerprint density at radius 2 is 1.59 bits per heavy atom. The van der Waals surface area contributed by atoms with Gasteiger partial charge in [0.2, 0.25) is 0 Å². The van der Waals surface area contributed by atoms with Gasteiger partial charge >= 0.3 is 5.97 Å². The summed E-state index contributed by atoms with van der Waals surface area (Å²) >= 11 is 0. The maximum Gasteiger partial charge on any atom is 0.308 e. The van der Waals surface area contributed by atoms with E-state index in [0.29, 0.717) is 0 Å². The molecule has 154 valence electrons. The average molecular weight is 413 g/mol. The van der Waals surface area contributed by atoms with Crippen molar-refractivity contribution in [2.75, 3.05) is 5.75 Å². The second-order valence-electron chi connectivity index (χ2n) is 9.62. The number of hydrogen-bond donors (Lipinski definition) is 0. The first kappa shape index (κ1) is 24.1. The minimum atomic E-state index is -2.11. The normalized spacial score (nSPS) is 15.3. The third-order valence-corrected chi connectivity index (χ3v) is 10.7. The van der Waals surface area contributed by atoms with Crippen LogP contribution in [-0.2, 0) is 24.8 Å². The predicted molar refractivity (Wildman–Crippen MR) is 115 cm³/mol. The van der Waals surface area contributed by atoms with Crippen molar-refractivity contribution in [3.63, 3.8) is 0 Å². The van der Waals surface area contributed by atoms with Crippen molar-refractivity contribution in [3.05, 3.63) is 29.8 Å². The lowest BCUT2D eigenvalue weighted by atomic mass is 10.2. The molecule has 0 aromatic heterocycles. The minimum Gasteiger partial charge on any atom is -0.460 e. The summed E-state index contributed by atoms with van der Waals surface area (Å²) in [5.74, 6) is -0.0263. The van der Waals surface area contributed by atoms with Gasteiger partial charge in [-0.15, -0.1) is 0 Å². The maximum absolute atomic E-state index is 12.9. The molecule has 4 nitrogen and oxygen atoms in total. The molecular weight excluding hydrogens is 376 g/mol. The predicted octanol–water partition coefficient (Wildman–Crippen LogP) is 5.22. The number of rotatable bonds is 7. The van der Waals surface area contributed by atoms with Gasteiger partial charge in [0, 0.05) is 4.90 Å². The number of carbonyl (C=O) groups is 1. The van der Waals surface area contributed by atoms with E-state index in [1.807, 2.05) is 52.0 Å². The Balaban J connectivity index is 2.97. The van der Waals surface area contributed by atoms with E-state index in [4.69, 9.17) is 9.16 Å². The van der Waals surface area contributed by atoms with E-state index in [1.165, 1.54) is 0 Å². The van der Waals surface area contributed by atoms with Crippen LogP contribution in [0, 0.1) is 6.92 Å². The number of benzene rings is 1. The molecule has 0 N–H and O–H groups in total. The van der Waals surface area contributed by atoms with Crippen LogP contribution in [0.15, 0.2) is 29.2 Å². The first-order chi connectivity index (χ1) is 12.1. The SMILES string of the molecule is Cc1ccc([S@@](=O)C[C@@H](CC(=O)OC(C)(C)C)O[Si](C)(C)C(C)(C)C)cc1. The zero-order valence-corrected chi connectivity index (χ0v) is 20.2. The van der Waals surface area contributed by atoms with E-state index in [-0.39, 0.29) is 23.2 Å². The zero-order chi connectivity index (χ0) is 21.0. The number of aryl methyl sites for hydroxylation is 1. The van der Waals surface area contributed by atoms with E-state index in [2.05, 4.69) is 33.9 Å². The molecule has 0 unspecified atom stereocenters. The van der Waals surface area contributed by atoms with Crippen molar-refractivity contribution in [1.29, 1.82) is 0 Å². The number of hydrogen-bond acceptors (Lipinski definition) is 4. The van der Waals surface area contributed by atoms with Gasteiger partial charge < -0.3 is 9.16 Å². The quantitative estimate of drug-likeness (QED) is 0.455. The minimum absolute atomic E-state index is 0.00450. The summed E-state index contributed by atoms with van der Waals surface area (Å²) in [7, 11) is -3.35. The first-order valence-corrected chi connectivity index (χ1v) is 13.7. The van der Waals surface area contributed by atoms with Crippen molar-refractivity contribution >= 4 is 25.1 Å². The lowest BCUT2D eigenvalue weighted by molar-refractivity contribution is -0.156. The number of carbonyl (C=O) groups excluding carboxylic acids is 1. The van der Waals surface area contributed by atoms with Gasteiger partial charge in [-0.3, -0.25) is 9.00 Å². The molecule has 1 aromatic carbocycles. The van der Waals surface area contributed by atoms with Gasteiger partial charge in [-0.2, -0.15) is 0 Å². The molecule has 0 aliphatic rings. The molecule has 1 aromatic rings. The molecule has 0 radical (unpaired) electrons. The fraction of sp³-hybridized carbons (Fsp3) is 0.667. The topological polar surface area (TPSA) is 52.6 Å². The zero-order valence-electron chi connectivity index (χ0n) is 18.3. The van der Waals surface area contributed by atoms with Gasteiger partial charge in [0.25, 0.3) is 0 Å². The molecule has 0 saturated carbocycles. The summed E-state index contributed by atoms with van der Waals surface area (Å²) in [4.78, 5) is 13.1. The van der Waals surface area contributed by atoms with Crippen LogP contribution in [0.2, 0.25) is 18.1 Å². The van der Waals surface area contributed by atoms with Crippen LogP contribution >= 0.6 is 0 Å². The van der Waals surface area contributed by atoms with Gasteiger partial charge in [0.1, 0.15) is 5.60 Å². The Morgan fingerprint density at radius 3 is 2.04 bits per heavy atom. The smallest absolute Gasteiger partial charge is 0.308 e. The van der Waals surface area contributed by atoms with E-state index in [9.17, 15) is 9.00 Å². The summed E-state index contributed by atoms with van der Waals surface area (Å²) in [5, 5.41) is 0.00450. The van der Waals surface area contributed by atoms with Crippen LogP contribution in [0.3, 0.4) is 0 Å². The molecular formula is C21H36O4SSi. The molecule has 0 spiro atoms. The standard InChI is InChI=1S/C21H36O4SSi/c1-16-10-12-18(13-11-16)26(23)15-17(14-19(22)24-20(2,3)4)25-27(8,9)21(5,6)7/h10-13,17H,14-15H2,1-9H3/t17-,26+/m1/s1. The maximum atomic E-state index is 12.9. The van der Waals surface area contributed by atoms with Crippen LogP contribution in [0.4, 0.5) is 0 Å². The monoisotopic (exact) mass is 412 g/mol. The average Bonchev–Trinajstić information content (AvgIpc) is 2.43. The highest BCUT2D eigenvalue weighted by Gasteiger charge is 2.40. The molecule has 1 rings (SSSR count). The summed E-state index contributed by atoms with van der Waals surface area (Å²) in [5.41, 5.74) is 0.577. The lowest BCUT2D eigenvalue weighted by Crippen LogP contribution is -2.46. The fourth-order valence-electron chi connectivity index (χ4n) is 2.25.